The summed E-state index contributed by atoms with van der Waals surface area (Å²) >= 11 is 0. The highest BCUT2D eigenvalue weighted by Gasteiger charge is 2.76. The van der Waals surface area contributed by atoms with Gasteiger partial charge < -0.3 is 14.9 Å². The number of ether oxygens (including phenoxy) is 1. The maximum absolute atomic E-state index is 13.1. The molecule has 4 fully saturated rings. The first-order chi connectivity index (χ1) is 19.0. The van der Waals surface area contributed by atoms with Crippen molar-refractivity contribution in [3.63, 3.8) is 0 Å². The summed E-state index contributed by atoms with van der Waals surface area (Å²) in [5.41, 5.74) is 0.459. The van der Waals surface area contributed by atoms with Crippen LogP contribution in [0.25, 0.3) is 0 Å². The van der Waals surface area contributed by atoms with E-state index in [0.717, 1.165) is 49.5 Å². The number of aliphatic hydroxyl groups is 1. The lowest BCUT2D eigenvalue weighted by atomic mass is 9.46. The molecule has 216 valence electrons. The molecule has 9 heteroatoms. The van der Waals surface area contributed by atoms with Crippen LogP contribution in [0.3, 0.4) is 0 Å². The van der Waals surface area contributed by atoms with Crippen molar-refractivity contribution in [3.05, 3.63) is 53.8 Å². The van der Waals surface area contributed by atoms with Crippen molar-refractivity contribution < 1.29 is 37.1 Å². The molecule has 0 saturated heterocycles. The van der Waals surface area contributed by atoms with Crippen molar-refractivity contribution >= 4 is 22.1 Å². The maximum Gasteiger partial charge on any atom is 0.510 e. The summed E-state index contributed by atoms with van der Waals surface area (Å²) in [6, 6.07) is 6.60. The van der Waals surface area contributed by atoms with Crippen LogP contribution in [0.2, 0.25) is 0 Å². The molecule has 1 aromatic carbocycles. The minimum Gasteiger partial charge on any atom is -0.449 e. The van der Waals surface area contributed by atoms with Crippen LogP contribution in [-0.4, -0.2) is 42.8 Å². The third kappa shape index (κ3) is 4.27. The van der Waals surface area contributed by atoms with E-state index < -0.39 is 27.3 Å². The Morgan fingerprint density at radius 2 is 1.88 bits per heavy atom. The zero-order valence-electron chi connectivity index (χ0n) is 23.0. The molecule has 5 aliphatic carbocycles. The van der Waals surface area contributed by atoms with Crippen molar-refractivity contribution in [3.8, 4) is 0 Å². The molecule has 0 heterocycles. The van der Waals surface area contributed by atoms with E-state index in [1.165, 1.54) is 0 Å². The summed E-state index contributed by atoms with van der Waals surface area (Å²) in [5.74, 6) is 1.37. The number of fused-ring (bicyclic) bond motifs is 7. The van der Waals surface area contributed by atoms with Crippen molar-refractivity contribution in [1.29, 1.82) is 0 Å². The Kier molecular flexibility index (Phi) is 6.78. The van der Waals surface area contributed by atoms with Gasteiger partial charge in [-0.15, -0.1) is 0 Å². The number of rotatable bonds is 7. The number of carboxylic acid groups (broad SMARTS) is 1. The molecule has 0 spiro atoms. The van der Waals surface area contributed by atoms with E-state index in [2.05, 4.69) is 11.7 Å². The predicted molar refractivity (Wildman–Crippen MR) is 145 cm³/mol. The van der Waals surface area contributed by atoms with Gasteiger partial charge in [0.25, 0.3) is 10.1 Å². The molecule has 0 radical (unpaired) electrons. The number of carbonyl (C=O) groups excluding carboxylic acids is 1. The van der Waals surface area contributed by atoms with Crippen molar-refractivity contribution in [2.75, 3.05) is 6.61 Å². The molecule has 5 aliphatic rings. The van der Waals surface area contributed by atoms with Crippen LogP contribution in [-0.2, 0) is 23.8 Å². The molecule has 40 heavy (non-hydrogen) atoms. The quantitative estimate of drug-likeness (QED) is 0.258. The number of aryl methyl sites for hydroxylation is 1. The lowest BCUT2D eigenvalue weighted by Crippen LogP contribution is -2.56. The summed E-state index contributed by atoms with van der Waals surface area (Å²) < 4.78 is 36.5. The number of ketones is 1. The Morgan fingerprint density at radius 3 is 2.58 bits per heavy atom. The van der Waals surface area contributed by atoms with Crippen LogP contribution in [0.4, 0.5) is 4.79 Å². The zero-order chi connectivity index (χ0) is 28.4. The van der Waals surface area contributed by atoms with E-state index in [9.17, 15) is 23.1 Å². The number of hydrogen-bond donors (Lipinski definition) is 2. The minimum atomic E-state index is -3.95. The van der Waals surface area contributed by atoms with Gasteiger partial charge in [-0.1, -0.05) is 30.2 Å². The normalized spacial score (nSPS) is 40.0. The van der Waals surface area contributed by atoms with Gasteiger partial charge in [0.15, 0.2) is 5.78 Å². The topological polar surface area (TPSA) is 127 Å². The van der Waals surface area contributed by atoms with Gasteiger partial charge in [-0.05, 0) is 105 Å². The smallest absolute Gasteiger partial charge is 0.449 e. The zero-order valence-corrected chi connectivity index (χ0v) is 23.8. The molecule has 0 unspecified atom stereocenters. The van der Waals surface area contributed by atoms with Gasteiger partial charge in [0.05, 0.1) is 23.4 Å². The fraction of sp³-hybridized carbons (Fsp3) is 0.613. The summed E-state index contributed by atoms with van der Waals surface area (Å²) in [6.45, 7) is 4.00. The standard InChI is InChI=1S/C31H38O8S/c1-3-30-11-10-23-22-9-6-20(32)15-24(22)19(17-39-40(36,37)21-7-4-18(2)5-8-21)14-25(23)28(30)26-16-27(26)31(30,35)12-13-38-29(33)34/h4-5,7-8,12-13,15,19,22-23,25-28,35H,3,6,9-11,14,16-17H2,1-2H3,(H,33,34)/b13-12-/t19-,22+,23+,25+,26+,27-,28+,30-,31-/m0/s1. The second-order valence-electron chi connectivity index (χ2n) is 12.7. The molecule has 0 aliphatic heterocycles. The Balaban J connectivity index is 1.30. The second-order valence-corrected chi connectivity index (χ2v) is 14.3. The summed E-state index contributed by atoms with van der Waals surface area (Å²) in [4.78, 5) is 23.6. The molecular weight excluding hydrogens is 532 g/mol. The Hall–Kier alpha value is -2.49. The highest BCUT2D eigenvalue weighted by Crippen LogP contribution is 2.77. The number of hydrogen-bond acceptors (Lipinski definition) is 7. The van der Waals surface area contributed by atoms with Gasteiger partial charge in [0.1, 0.15) is 0 Å². The lowest BCUT2D eigenvalue weighted by molar-refractivity contribution is -0.132. The second kappa shape index (κ2) is 9.81. The number of benzene rings is 1. The van der Waals surface area contributed by atoms with Crippen LogP contribution >= 0.6 is 0 Å². The molecule has 2 N–H and O–H groups in total. The molecule has 6 rings (SSSR count). The van der Waals surface area contributed by atoms with E-state index in [-0.39, 0.29) is 46.9 Å². The molecule has 4 saturated carbocycles. The van der Waals surface area contributed by atoms with Gasteiger partial charge in [-0.3, -0.25) is 8.98 Å². The highest BCUT2D eigenvalue weighted by atomic mass is 32.2. The summed E-state index contributed by atoms with van der Waals surface area (Å²) in [6.07, 6.45) is 8.44. The van der Waals surface area contributed by atoms with Gasteiger partial charge in [0.2, 0.25) is 0 Å². The molecule has 8 nitrogen and oxygen atoms in total. The average molecular weight is 571 g/mol. The first-order valence-corrected chi connectivity index (χ1v) is 15.9. The van der Waals surface area contributed by atoms with Gasteiger partial charge in [-0.25, -0.2) is 4.79 Å². The van der Waals surface area contributed by atoms with Crippen LogP contribution < -0.4 is 0 Å². The Morgan fingerprint density at radius 1 is 1.12 bits per heavy atom. The van der Waals surface area contributed by atoms with Crippen LogP contribution in [0, 0.1) is 53.8 Å². The SMILES string of the molecule is CC[C@]12CC[C@H]3[C@@H](C[C@@H](COS(=O)(=O)c4ccc(C)cc4)C4=CC(=O)CC[C@@H]43)[C@@H]1[C@@H]1C[C@@H]1[C@@]2(O)/C=C\OC(=O)O. The van der Waals surface area contributed by atoms with Crippen molar-refractivity contribution in [1.82, 2.24) is 0 Å². The molecular formula is C31H38O8S. The average Bonchev–Trinajstić information content (AvgIpc) is 3.68. The van der Waals surface area contributed by atoms with E-state index in [4.69, 9.17) is 9.29 Å². The molecule has 0 amide bonds. The fourth-order valence-electron chi connectivity index (χ4n) is 9.45. The lowest BCUT2D eigenvalue weighted by Gasteiger charge is -2.59. The highest BCUT2D eigenvalue weighted by molar-refractivity contribution is 7.86. The first kappa shape index (κ1) is 27.7. The Labute approximate surface area is 235 Å². The van der Waals surface area contributed by atoms with E-state index in [0.29, 0.717) is 24.7 Å². The van der Waals surface area contributed by atoms with Gasteiger partial charge >= 0.3 is 6.16 Å². The van der Waals surface area contributed by atoms with Crippen LogP contribution in [0.1, 0.15) is 57.4 Å². The maximum atomic E-state index is 13.1. The van der Waals surface area contributed by atoms with E-state index in [1.807, 2.05) is 6.92 Å². The van der Waals surface area contributed by atoms with E-state index >= 15 is 0 Å². The predicted octanol–water partition coefficient (Wildman–Crippen LogP) is 5.25. The molecule has 9 atom stereocenters. The molecule has 0 aromatic heterocycles. The van der Waals surface area contributed by atoms with Crippen molar-refractivity contribution in [2.24, 2.45) is 46.8 Å². The molecule has 0 bridgehead atoms. The van der Waals surface area contributed by atoms with Gasteiger partial charge in [0, 0.05) is 17.8 Å². The largest absolute Gasteiger partial charge is 0.510 e. The summed E-state index contributed by atoms with van der Waals surface area (Å²) in [5, 5.41) is 21.1. The summed E-state index contributed by atoms with van der Waals surface area (Å²) in [7, 11) is -3.95. The molecule has 1 aromatic rings. The first-order valence-electron chi connectivity index (χ1n) is 14.5. The van der Waals surface area contributed by atoms with Gasteiger partial charge in [-0.2, -0.15) is 8.42 Å². The number of carbonyl (C=O) groups is 2. The minimum absolute atomic E-state index is 0.00833. The monoisotopic (exact) mass is 570 g/mol. The van der Waals surface area contributed by atoms with Crippen LogP contribution in [0.15, 0.2) is 53.1 Å². The third-order valence-corrected chi connectivity index (χ3v) is 12.4. The van der Waals surface area contributed by atoms with Crippen LogP contribution in [0.5, 0.6) is 0 Å². The fourth-order valence-corrected chi connectivity index (χ4v) is 10.4. The van der Waals surface area contributed by atoms with E-state index in [1.54, 1.807) is 36.4 Å². The Bertz CT molecular complexity index is 1360. The third-order valence-electron chi connectivity index (χ3n) is 11.1. The van der Waals surface area contributed by atoms with Crippen molar-refractivity contribution in [2.45, 2.75) is 69.3 Å².